The van der Waals surface area contributed by atoms with Gasteiger partial charge in [0.05, 0.1) is 16.1 Å². The van der Waals surface area contributed by atoms with E-state index in [9.17, 15) is 21.6 Å². The van der Waals surface area contributed by atoms with E-state index in [1.54, 1.807) is 31.2 Å². The zero-order chi connectivity index (χ0) is 22.9. The summed E-state index contributed by atoms with van der Waals surface area (Å²) in [7, 11) is -4.20. The molecule has 0 saturated heterocycles. The summed E-state index contributed by atoms with van der Waals surface area (Å²) in [5, 5.41) is 0. The van der Waals surface area contributed by atoms with Gasteiger partial charge in [-0.1, -0.05) is 36.4 Å². The maximum Gasteiger partial charge on any atom is 0.416 e. The number of nitrogens with zero attached hydrogens (tertiary/aromatic N) is 1. The van der Waals surface area contributed by atoms with Crippen molar-refractivity contribution in [1.82, 2.24) is 0 Å². The lowest BCUT2D eigenvalue weighted by Gasteiger charge is -2.24. The molecular weight excluding hydrogens is 439 g/mol. The van der Waals surface area contributed by atoms with Crippen molar-refractivity contribution in [3.63, 3.8) is 0 Å². The number of anilines is 1. The predicted octanol–water partition coefficient (Wildman–Crippen LogP) is 5.99. The van der Waals surface area contributed by atoms with Gasteiger partial charge < -0.3 is 4.74 Å². The third-order valence-electron chi connectivity index (χ3n) is 5.50. The Morgan fingerprint density at radius 1 is 1.00 bits per heavy atom. The maximum atomic E-state index is 13.2. The highest BCUT2D eigenvalue weighted by molar-refractivity contribution is 7.92. The van der Waals surface area contributed by atoms with Crippen LogP contribution in [-0.4, -0.2) is 15.0 Å². The molecule has 32 heavy (non-hydrogen) atoms. The summed E-state index contributed by atoms with van der Waals surface area (Å²) in [6.07, 6.45) is -3.03. The molecule has 0 amide bonds. The van der Waals surface area contributed by atoms with E-state index in [4.69, 9.17) is 4.74 Å². The lowest BCUT2D eigenvalue weighted by Crippen LogP contribution is -2.31. The Morgan fingerprint density at radius 2 is 1.75 bits per heavy atom. The van der Waals surface area contributed by atoms with E-state index in [-0.39, 0.29) is 12.6 Å². The molecule has 4 rings (SSSR count). The number of sulfonamides is 1. The average molecular weight is 462 g/mol. The third-order valence-corrected chi connectivity index (χ3v) is 7.40. The summed E-state index contributed by atoms with van der Waals surface area (Å²) >= 11 is 0. The van der Waals surface area contributed by atoms with Crippen molar-refractivity contribution in [2.24, 2.45) is 0 Å². The summed E-state index contributed by atoms with van der Waals surface area (Å²) in [4.78, 5) is -0.412. The van der Waals surface area contributed by atoms with E-state index < -0.39 is 26.7 Å². The number of hydrogen-bond donors (Lipinski definition) is 0. The molecule has 1 aliphatic rings. The molecular formula is C24H22F3NO3S. The van der Waals surface area contributed by atoms with E-state index in [2.05, 4.69) is 6.07 Å². The van der Waals surface area contributed by atoms with Gasteiger partial charge in [-0.3, -0.25) is 4.31 Å². The van der Waals surface area contributed by atoms with Crippen LogP contribution in [0.25, 0.3) is 0 Å². The molecule has 0 radical (unpaired) electrons. The van der Waals surface area contributed by atoms with E-state index in [0.717, 1.165) is 34.8 Å². The van der Waals surface area contributed by atoms with Crippen LogP contribution < -0.4 is 9.04 Å². The molecule has 1 aliphatic carbocycles. The Bertz CT molecular complexity index is 1220. The van der Waals surface area contributed by atoms with Crippen LogP contribution in [0.5, 0.6) is 5.75 Å². The van der Waals surface area contributed by atoms with Crippen LogP contribution in [-0.2, 0) is 22.6 Å². The lowest BCUT2D eigenvalue weighted by atomic mass is 10.1. The van der Waals surface area contributed by atoms with Gasteiger partial charge in [0.2, 0.25) is 0 Å². The number of benzene rings is 3. The fraction of sp³-hybridized carbons (Fsp3) is 0.250. The predicted molar refractivity (Wildman–Crippen MR) is 116 cm³/mol. The van der Waals surface area contributed by atoms with Crippen molar-refractivity contribution in [3.8, 4) is 5.75 Å². The van der Waals surface area contributed by atoms with Crippen LogP contribution in [0.1, 0.15) is 36.1 Å². The Morgan fingerprint density at radius 3 is 2.50 bits per heavy atom. The highest BCUT2D eigenvalue weighted by atomic mass is 32.2. The number of fused-ring (bicyclic) bond motifs is 1. The largest absolute Gasteiger partial charge is 0.486 e. The molecule has 0 aromatic heterocycles. The molecule has 0 aliphatic heterocycles. The first-order valence-corrected chi connectivity index (χ1v) is 11.7. The van der Waals surface area contributed by atoms with Crippen molar-refractivity contribution in [2.45, 2.75) is 36.9 Å². The molecule has 0 spiro atoms. The average Bonchev–Trinajstić information content (AvgIpc) is 3.17. The summed E-state index contributed by atoms with van der Waals surface area (Å²) in [5.41, 5.74) is 1.66. The Labute approximate surface area is 185 Å². The van der Waals surface area contributed by atoms with E-state index in [1.165, 1.54) is 11.6 Å². The molecule has 3 aromatic rings. The first-order valence-electron chi connectivity index (χ1n) is 10.2. The van der Waals surface area contributed by atoms with E-state index >= 15 is 0 Å². The van der Waals surface area contributed by atoms with Crippen molar-refractivity contribution in [2.75, 3.05) is 10.8 Å². The number of ether oxygens (including phenoxy) is 1. The molecule has 0 saturated carbocycles. The van der Waals surface area contributed by atoms with Gasteiger partial charge in [-0.05, 0) is 61.2 Å². The standard InChI is InChI=1S/C24H22F3NO3S/c1-2-28(32(29,30)21-11-5-8-18(15-21)24(25,26)27)19-9-6-10-20(16-19)31-23-14-13-17-7-3-4-12-22(17)23/h3-12,15-16,23H,2,13-14H2,1H3. The number of hydrogen-bond acceptors (Lipinski definition) is 3. The summed E-state index contributed by atoms with van der Waals surface area (Å²) in [5.74, 6) is 0.502. The molecule has 8 heteroatoms. The topological polar surface area (TPSA) is 46.6 Å². The van der Waals surface area contributed by atoms with Crippen LogP contribution in [0.15, 0.2) is 77.7 Å². The lowest BCUT2D eigenvalue weighted by molar-refractivity contribution is -0.137. The van der Waals surface area contributed by atoms with Crippen LogP contribution in [0, 0.1) is 0 Å². The zero-order valence-corrected chi connectivity index (χ0v) is 18.2. The van der Waals surface area contributed by atoms with Crippen LogP contribution in [0.2, 0.25) is 0 Å². The van der Waals surface area contributed by atoms with E-state index in [0.29, 0.717) is 17.5 Å². The number of rotatable bonds is 6. The molecule has 0 N–H and O–H groups in total. The van der Waals surface area contributed by atoms with Gasteiger partial charge in [0, 0.05) is 12.6 Å². The Balaban J connectivity index is 1.63. The fourth-order valence-corrected chi connectivity index (χ4v) is 5.48. The highest BCUT2D eigenvalue weighted by Gasteiger charge is 2.33. The van der Waals surface area contributed by atoms with E-state index in [1.807, 2.05) is 18.2 Å². The number of alkyl halides is 3. The SMILES string of the molecule is CCN(c1cccc(OC2CCc3ccccc32)c1)S(=O)(=O)c1cccc(C(F)(F)F)c1. The minimum Gasteiger partial charge on any atom is -0.486 e. The monoisotopic (exact) mass is 461 g/mol. The molecule has 1 unspecified atom stereocenters. The van der Waals surface area contributed by atoms with Crippen molar-refractivity contribution in [3.05, 3.63) is 89.5 Å². The van der Waals surface area contributed by atoms with Gasteiger partial charge in [-0.25, -0.2) is 8.42 Å². The van der Waals surface area contributed by atoms with Crippen LogP contribution in [0.4, 0.5) is 18.9 Å². The fourth-order valence-electron chi connectivity index (χ4n) is 3.97. The molecule has 3 aromatic carbocycles. The van der Waals surface area contributed by atoms with Crippen molar-refractivity contribution >= 4 is 15.7 Å². The van der Waals surface area contributed by atoms with Gasteiger partial charge in [0.25, 0.3) is 10.0 Å². The molecule has 168 valence electrons. The van der Waals surface area contributed by atoms with Gasteiger partial charge in [0.15, 0.2) is 0 Å². The molecule has 0 bridgehead atoms. The summed E-state index contributed by atoms with van der Waals surface area (Å²) < 4.78 is 72.9. The zero-order valence-electron chi connectivity index (χ0n) is 17.3. The highest BCUT2D eigenvalue weighted by Crippen LogP contribution is 2.37. The number of halogens is 3. The molecule has 4 nitrogen and oxygen atoms in total. The number of aryl methyl sites for hydroxylation is 1. The molecule has 1 atom stereocenters. The second kappa shape index (κ2) is 8.50. The first kappa shape index (κ1) is 22.2. The minimum atomic E-state index is -4.63. The summed E-state index contributed by atoms with van der Waals surface area (Å²) in [6.45, 7) is 1.68. The van der Waals surface area contributed by atoms with Gasteiger partial charge in [0.1, 0.15) is 11.9 Å². The summed E-state index contributed by atoms with van der Waals surface area (Å²) in [6, 6.07) is 18.4. The molecule has 0 heterocycles. The third kappa shape index (κ3) is 4.32. The minimum absolute atomic E-state index is 0.0499. The smallest absolute Gasteiger partial charge is 0.416 e. The normalized spacial score (nSPS) is 15.9. The second-order valence-electron chi connectivity index (χ2n) is 7.54. The van der Waals surface area contributed by atoms with Crippen LogP contribution >= 0.6 is 0 Å². The Hall–Kier alpha value is -3.00. The second-order valence-corrected chi connectivity index (χ2v) is 9.40. The van der Waals surface area contributed by atoms with Gasteiger partial charge in [-0.2, -0.15) is 13.2 Å². The first-order chi connectivity index (χ1) is 15.2. The molecule has 0 fully saturated rings. The Kier molecular flexibility index (Phi) is 5.90. The quantitative estimate of drug-likeness (QED) is 0.453. The van der Waals surface area contributed by atoms with Crippen molar-refractivity contribution in [1.29, 1.82) is 0 Å². The van der Waals surface area contributed by atoms with Crippen molar-refractivity contribution < 1.29 is 26.3 Å². The van der Waals surface area contributed by atoms with Crippen LogP contribution in [0.3, 0.4) is 0 Å². The van der Waals surface area contributed by atoms with Gasteiger partial charge in [-0.15, -0.1) is 0 Å². The maximum absolute atomic E-state index is 13.2. The van der Waals surface area contributed by atoms with Gasteiger partial charge >= 0.3 is 6.18 Å².